The molecule has 0 saturated heterocycles. The first kappa shape index (κ1) is 12.4. The number of rotatable bonds is 4. The lowest BCUT2D eigenvalue weighted by molar-refractivity contribution is -0.698. The van der Waals surface area contributed by atoms with E-state index in [1.807, 2.05) is 11.3 Å². The minimum atomic E-state index is 1.11. The highest BCUT2D eigenvalue weighted by Gasteiger charge is 2.11. The van der Waals surface area contributed by atoms with Crippen LogP contribution in [0.15, 0.2) is 36.0 Å². The average molecular weight is 271 g/mol. The summed E-state index contributed by atoms with van der Waals surface area (Å²) in [4.78, 5) is 4.77. The predicted octanol–water partition coefficient (Wildman–Crippen LogP) is 3.77. The van der Waals surface area contributed by atoms with Crippen LogP contribution in [0, 0.1) is 13.8 Å². The number of nitrogens with zero attached hydrogens (tertiary/aromatic N) is 1. The molecule has 0 fully saturated rings. The Bertz CT molecular complexity index is 694. The summed E-state index contributed by atoms with van der Waals surface area (Å²) >= 11 is 1.84. The molecule has 3 heteroatoms. The van der Waals surface area contributed by atoms with Crippen LogP contribution in [0.25, 0.3) is 10.9 Å². The van der Waals surface area contributed by atoms with Crippen LogP contribution in [0.3, 0.4) is 0 Å². The van der Waals surface area contributed by atoms with Gasteiger partial charge in [0.25, 0.3) is 0 Å². The predicted molar refractivity (Wildman–Crippen MR) is 80.6 cm³/mol. The lowest BCUT2D eigenvalue weighted by Gasteiger charge is -1.98. The van der Waals surface area contributed by atoms with E-state index in [0.29, 0.717) is 0 Å². The van der Waals surface area contributed by atoms with Crippen LogP contribution in [0.2, 0.25) is 0 Å². The Morgan fingerprint density at radius 2 is 2.05 bits per heavy atom. The molecule has 0 aliphatic rings. The molecule has 3 aromatic rings. The summed E-state index contributed by atoms with van der Waals surface area (Å²) in [6, 6.07) is 8.53. The van der Waals surface area contributed by atoms with Crippen molar-refractivity contribution in [1.29, 1.82) is 0 Å². The Morgan fingerprint density at radius 1 is 1.21 bits per heavy atom. The molecule has 2 heterocycles. The molecule has 0 aliphatic heterocycles. The second-order valence-corrected chi connectivity index (χ2v) is 6.08. The van der Waals surface area contributed by atoms with Crippen molar-refractivity contribution in [3.8, 4) is 0 Å². The number of para-hydroxylation sites is 1. The normalized spacial score (nSPS) is 11.3. The summed E-state index contributed by atoms with van der Waals surface area (Å²) in [5, 5.41) is 1.37. The van der Waals surface area contributed by atoms with Crippen LogP contribution < -0.4 is 4.57 Å². The third kappa shape index (κ3) is 2.43. The number of aromatic nitrogens is 2. The van der Waals surface area contributed by atoms with Crippen LogP contribution in [0.1, 0.15) is 22.6 Å². The Labute approximate surface area is 117 Å². The Kier molecular flexibility index (Phi) is 3.38. The smallest absolute Gasteiger partial charge is 0.225 e. The number of hydrogen-bond acceptors (Lipinski definition) is 1. The zero-order chi connectivity index (χ0) is 13.2. The lowest BCUT2D eigenvalue weighted by Crippen LogP contribution is -2.34. The number of thiazole rings is 1. The molecule has 0 amide bonds. The zero-order valence-corrected chi connectivity index (χ0v) is 12.3. The molecule has 0 atom stereocenters. The van der Waals surface area contributed by atoms with E-state index in [2.05, 4.69) is 59.4 Å². The molecule has 0 spiro atoms. The van der Waals surface area contributed by atoms with E-state index in [0.717, 1.165) is 13.0 Å². The van der Waals surface area contributed by atoms with E-state index < -0.39 is 0 Å². The summed E-state index contributed by atoms with van der Waals surface area (Å²) in [6.07, 6.45) is 4.47. The first-order chi connectivity index (χ1) is 9.25. The zero-order valence-electron chi connectivity index (χ0n) is 11.4. The summed E-state index contributed by atoms with van der Waals surface area (Å²) in [5.41, 5.74) is 6.32. The van der Waals surface area contributed by atoms with Crippen LogP contribution in [0.4, 0.5) is 0 Å². The molecular formula is C16H19N2S+. The van der Waals surface area contributed by atoms with E-state index in [1.54, 1.807) is 0 Å². The molecular weight excluding hydrogens is 252 g/mol. The molecule has 3 rings (SSSR count). The average Bonchev–Trinajstić information content (AvgIpc) is 2.97. The number of hydrogen-bond donors (Lipinski definition) is 1. The SMILES string of the molecule is Cc1sc[n+](CCCc2c[nH]c3ccccc23)c1C. The minimum Gasteiger partial charge on any atom is -0.361 e. The first-order valence-electron chi connectivity index (χ1n) is 6.75. The van der Waals surface area contributed by atoms with Gasteiger partial charge in [0.05, 0.1) is 4.88 Å². The van der Waals surface area contributed by atoms with Crippen molar-refractivity contribution in [3.63, 3.8) is 0 Å². The van der Waals surface area contributed by atoms with Gasteiger partial charge in [0.15, 0.2) is 5.69 Å². The van der Waals surface area contributed by atoms with Gasteiger partial charge in [-0.2, -0.15) is 4.57 Å². The van der Waals surface area contributed by atoms with Crippen molar-refractivity contribution in [2.24, 2.45) is 0 Å². The standard InChI is InChI=1S/C16H19N2S/c1-12-13(2)19-11-18(12)9-5-6-14-10-17-16-8-4-3-7-15(14)16/h3-4,7-8,10-11,17H,5-6,9H2,1-2H3/q+1. The van der Waals surface area contributed by atoms with Gasteiger partial charge in [-0.05, 0) is 25.0 Å². The Hall–Kier alpha value is -1.61. The Balaban J connectivity index is 1.68. The van der Waals surface area contributed by atoms with Crippen molar-refractivity contribution in [3.05, 3.63) is 52.1 Å². The number of H-pyrrole nitrogens is 1. The molecule has 19 heavy (non-hydrogen) atoms. The third-order valence-electron chi connectivity index (χ3n) is 3.82. The second-order valence-electron chi connectivity index (χ2n) is 5.02. The fraction of sp³-hybridized carbons (Fsp3) is 0.312. The maximum Gasteiger partial charge on any atom is 0.225 e. The van der Waals surface area contributed by atoms with Crippen LogP contribution >= 0.6 is 11.3 Å². The fourth-order valence-corrected chi connectivity index (χ4v) is 3.34. The number of fused-ring (bicyclic) bond motifs is 1. The molecule has 2 aromatic heterocycles. The third-order valence-corrected chi connectivity index (χ3v) is 4.83. The molecule has 2 nitrogen and oxygen atoms in total. The van der Waals surface area contributed by atoms with Crippen molar-refractivity contribution in [2.75, 3.05) is 0 Å². The molecule has 0 saturated carbocycles. The highest BCUT2D eigenvalue weighted by atomic mass is 32.1. The van der Waals surface area contributed by atoms with E-state index >= 15 is 0 Å². The second kappa shape index (κ2) is 5.17. The highest BCUT2D eigenvalue weighted by molar-refractivity contribution is 7.09. The van der Waals surface area contributed by atoms with Gasteiger partial charge < -0.3 is 4.98 Å². The van der Waals surface area contributed by atoms with Crippen molar-refractivity contribution < 1.29 is 4.57 Å². The van der Waals surface area contributed by atoms with E-state index in [9.17, 15) is 0 Å². The first-order valence-corrected chi connectivity index (χ1v) is 7.63. The van der Waals surface area contributed by atoms with Gasteiger partial charge in [0, 0.05) is 30.4 Å². The summed E-state index contributed by atoms with van der Waals surface area (Å²) in [6.45, 7) is 5.50. The summed E-state index contributed by atoms with van der Waals surface area (Å²) in [7, 11) is 0. The minimum absolute atomic E-state index is 1.11. The molecule has 1 N–H and O–H groups in total. The maximum absolute atomic E-state index is 3.35. The number of aromatic amines is 1. The van der Waals surface area contributed by atoms with E-state index in [1.165, 1.54) is 33.5 Å². The summed E-state index contributed by atoms with van der Waals surface area (Å²) < 4.78 is 2.37. The van der Waals surface area contributed by atoms with Crippen molar-refractivity contribution in [1.82, 2.24) is 4.98 Å². The molecule has 98 valence electrons. The van der Waals surface area contributed by atoms with Crippen LogP contribution in [-0.4, -0.2) is 4.98 Å². The van der Waals surface area contributed by atoms with Crippen LogP contribution in [0.5, 0.6) is 0 Å². The Morgan fingerprint density at radius 3 is 2.84 bits per heavy atom. The van der Waals surface area contributed by atoms with E-state index in [4.69, 9.17) is 0 Å². The maximum atomic E-state index is 3.35. The van der Waals surface area contributed by atoms with Gasteiger partial charge in [-0.1, -0.05) is 29.5 Å². The quantitative estimate of drug-likeness (QED) is 0.697. The van der Waals surface area contributed by atoms with Gasteiger partial charge in [-0.15, -0.1) is 0 Å². The highest BCUT2D eigenvalue weighted by Crippen LogP contribution is 2.19. The van der Waals surface area contributed by atoms with Gasteiger partial charge in [0.1, 0.15) is 6.54 Å². The molecule has 1 aromatic carbocycles. The van der Waals surface area contributed by atoms with Crippen molar-refractivity contribution in [2.45, 2.75) is 33.2 Å². The number of aryl methyl sites for hydroxylation is 3. The lowest BCUT2D eigenvalue weighted by atomic mass is 10.1. The van der Waals surface area contributed by atoms with Crippen molar-refractivity contribution >= 4 is 22.2 Å². The molecule has 0 bridgehead atoms. The van der Waals surface area contributed by atoms with Gasteiger partial charge >= 0.3 is 0 Å². The topological polar surface area (TPSA) is 19.7 Å². The molecule has 0 unspecified atom stereocenters. The largest absolute Gasteiger partial charge is 0.361 e. The van der Waals surface area contributed by atoms with Gasteiger partial charge in [0.2, 0.25) is 5.51 Å². The number of benzene rings is 1. The van der Waals surface area contributed by atoms with Gasteiger partial charge in [-0.3, -0.25) is 0 Å². The van der Waals surface area contributed by atoms with Crippen LogP contribution in [-0.2, 0) is 13.0 Å². The molecule has 0 radical (unpaired) electrons. The molecule has 0 aliphatic carbocycles. The summed E-state index contributed by atoms with van der Waals surface area (Å²) in [5.74, 6) is 0. The number of nitrogens with one attached hydrogen (secondary N) is 1. The monoisotopic (exact) mass is 271 g/mol. The fourth-order valence-electron chi connectivity index (χ4n) is 2.51. The van der Waals surface area contributed by atoms with Gasteiger partial charge in [-0.25, -0.2) is 0 Å². The van der Waals surface area contributed by atoms with E-state index in [-0.39, 0.29) is 0 Å².